The summed E-state index contributed by atoms with van der Waals surface area (Å²) in [6.07, 6.45) is 2.47. The minimum absolute atomic E-state index is 0. The topological polar surface area (TPSA) is 54.9 Å². The summed E-state index contributed by atoms with van der Waals surface area (Å²) in [6, 6.07) is 16.6. The van der Waals surface area contributed by atoms with Gasteiger partial charge in [-0.15, -0.1) is 35.7 Å². The molecular weight excluding hydrogens is 473 g/mol. The van der Waals surface area contributed by atoms with Gasteiger partial charge in [-0.05, 0) is 42.7 Å². The average molecular weight is 497 g/mol. The first kappa shape index (κ1) is 20.1. The number of nitrogens with zero attached hydrogens (tertiary/aromatic N) is 1. The molecule has 1 fully saturated rings. The van der Waals surface area contributed by atoms with Crippen LogP contribution in [0.15, 0.2) is 58.4 Å². The van der Waals surface area contributed by atoms with E-state index in [0.717, 1.165) is 29.6 Å². The highest BCUT2D eigenvalue weighted by molar-refractivity contribution is 14.0. The number of hydrogen-bond acceptors (Lipinski definition) is 4. The number of halogens is 1. The third-order valence-electron chi connectivity index (χ3n) is 4.58. The zero-order valence-corrected chi connectivity index (χ0v) is 18.4. The maximum Gasteiger partial charge on any atom is 0.231 e. The maximum atomic E-state index is 5.43. The molecule has 2 aromatic rings. The molecule has 0 spiro atoms. The van der Waals surface area contributed by atoms with Crippen molar-refractivity contribution >= 4 is 41.7 Å². The van der Waals surface area contributed by atoms with E-state index in [4.69, 9.17) is 9.47 Å². The number of fused-ring (bicyclic) bond motifs is 1. The highest BCUT2D eigenvalue weighted by Crippen LogP contribution is 2.51. The molecule has 144 valence electrons. The van der Waals surface area contributed by atoms with Gasteiger partial charge in [0, 0.05) is 29.8 Å². The van der Waals surface area contributed by atoms with Crippen molar-refractivity contribution in [3.05, 3.63) is 54.1 Å². The zero-order chi connectivity index (χ0) is 17.8. The Labute approximate surface area is 181 Å². The fraction of sp³-hybridized carbons (Fsp3) is 0.350. The van der Waals surface area contributed by atoms with Gasteiger partial charge in [-0.3, -0.25) is 4.99 Å². The number of benzene rings is 2. The zero-order valence-electron chi connectivity index (χ0n) is 15.2. The van der Waals surface area contributed by atoms with Gasteiger partial charge < -0.3 is 20.1 Å². The van der Waals surface area contributed by atoms with Crippen molar-refractivity contribution in [2.45, 2.75) is 29.0 Å². The van der Waals surface area contributed by atoms with Crippen molar-refractivity contribution in [2.75, 3.05) is 20.4 Å². The molecule has 1 saturated carbocycles. The first-order valence-electron chi connectivity index (χ1n) is 8.83. The lowest BCUT2D eigenvalue weighted by Crippen LogP contribution is -2.40. The number of ether oxygens (including phenoxy) is 2. The summed E-state index contributed by atoms with van der Waals surface area (Å²) in [4.78, 5) is 5.67. The number of rotatable bonds is 6. The molecule has 0 saturated heterocycles. The van der Waals surface area contributed by atoms with Gasteiger partial charge in [-0.1, -0.05) is 24.3 Å². The molecule has 5 nitrogen and oxygen atoms in total. The van der Waals surface area contributed by atoms with E-state index < -0.39 is 0 Å². The van der Waals surface area contributed by atoms with Crippen LogP contribution in [0.3, 0.4) is 0 Å². The molecule has 0 unspecified atom stereocenters. The lowest BCUT2D eigenvalue weighted by atomic mass is 10.2. The number of nitrogens with one attached hydrogen (secondary N) is 2. The standard InChI is InChI=1S/C20H23N3O2S.HI/c1-21-19(22-12-15-7-8-17-18(11-15)25-14-24-17)23-13-20(9-10-20)26-16-5-3-2-4-6-16;/h2-8,11H,9-10,12-14H2,1H3,(H2,21,22,23);1H. The molecule has 0 radical (unpaired) electrons. The van der Waals surface area contributed by atoms with Crippen LogP contribution in [0.1, 0.15) is 18.4 Å². The summed E-state index contributed by atoms with van der Waals surface area (Å²) in [6.45, 7) is 1.90. The van der Waals surface area contributed by atoms with Crippen LogP contribution in [-0.2, 0) is 6.54 Å². The molecule has 27 heavy (non-hydrogen) atoms. The highest BCUT2D eigenvalue weighted by atomic mass is 127. The third kappa shape index (κ3) is 5.22. The Bertz CT molecular complexity index is 797. The van der Waals surface area contributed by atoms with E-state index in [0.29, 0.717) is 13.3 Å². The SMILES string of the molecule is CN=C(NCc1ccc2c(c1)OCO2)NCC1(Sc2ccccc2)CC1.I. The minimum Gasteiger partial charge on any atom is -0.454 e. The molecule has 2 N–H and O–H groups in total. The van der Waals surface area contributed by atoms with E-state index in [1.807, 2.05) is 30.0 Å². The molecule has 7 heteroatoms. The molecule has 1 heterocycles. The van der Waals surface area contributed by atoms with E-state index in [9.17, 15) is 0 Å². The van der Waals surface area contributed by atoms with Gasteiger partial charge in [0.15, 0.2) is 17.5 Å². The smallest absolute Gasteiger partial charge is 0.231 e. The largest absolute Gasteiger partial charge is 0.454 e. The molecule has 0 atom stereocenters. The van der Waals surface area contributed by atoms with Crippen LogP contribution in [0, 0.1) is 0 Å². The van der Waals surface area contributed by atoms with Crippen LogP contribution in [0.2, 0.25) is 0 Å². The fourth-order valence-corrected chi connectivity index (χ4v) is 4.14. The molecule has 0 amide bonds. The van der Waals surface area contributed by atoms with Crippen LogP contribution in [-0.4, -0.2) is 31.1 Å². The molecular formula is C20H24IN3O2S. The molecule has 1 aliphatic heterocycles. The second kappa shape index (κ2) is 9.05. The Morgan fingerprint density at radius 2 is 1.85 bits per heavy atom. The third-order valence-corrected chi connectivity index (χ3v) is 6.08. The van der Waals surface area contributed by atoms with Gasteiger partial charge in [0.25, 0.3) is 0 Å². The molecule has 0 bridgehead atoms. The van der Waals surface area contributed by atoms with E-state index >= 15 is 0 Å². The van der Waals surface area contributed by atoms with E-state index in [1.165, 1.54) is 17.7 Å². The Kier molecular flexibility index (Phi) is 6.75. The molecule has 1 aliphatic carbocycles. The average Bonchev–Trinajstić information content (AvgIpc) is 3.27. The maximum absolute atomic E-state index is 5.43. The molecule has 4 rings (SSSR count). The van der Waals surface area contributed by atoms with Crippen LogP contribution < -0.4 is 20.1 Å². The summed E-state index contributed by atoms with van der Waals surface area (Å²) in [5, 5.41) is 6.85. The van der Waals surface area contributed by atoms with E-state index in [-0.39, 0.29) is 28.7 Å². The van der Waals surface area contributed by atoms with Gasteiger partial charge in [0.1, 0.15) is 0 Å². The van der Waals surface area contributed by atoms with Crippen molar-refractivity contribution in [1.29, 1.82) is 0 Å². The Hall–Kier alpha value is -1.61. The quantitative estimate of drug-likeness (QED) is 0.359. The van der Waals surface area contributed by atoms with Crippen LogP contribution in [0.25, 0.3) is 0 Å². The Morgan fingerprint density at radius 3 is 2.59 bits per heavy atom. The Balaban J connectivity index is 0.00000210. The normalized spacial score (nSPS) is 16.4. The summed E-state index contributed by atoms with van der Waals surface area (Å²) in [5.41, 5.74) is 1.14. The van der Waals surface area contributed by atoms with Gasteiger partial charge in [-0.25, -0.2) is 0 Å². The van der Waals surface area contributed by atoms with Crippen molar-refractivity contribution in [2.24, 2.45) is 4.99 Å². The lowest BCUT2D eigenvalue weighted by Gasteiger charge is -2.18. The Morgan fingerprint density at radius 1 is 1.07 bits per heavy atom. The number of hydrogen-bond donors (Lipinski definition) is 2. The number of thioether (sulfide) groups is 1. The van der Waals surface area contributed by atoms with Gasteiger partial charge in [0.2, 0.25) is 6.79 Å². The van der Waals surface area contributed by atoms with Crippen LogP contribution in [0.5, 0.6) is 11.5 Å². The number of guanidine groups is 1. The minimum atomic E-state index is 0. The summed E-state index contributed by atoms with van der Waals surface area (Å²) in [5.74, 6) is 2.44. The molecule has 0 aromatic heterocycles. The van der Waals surface area contributed by atoms with Gasteiger partial charge in [-0.2, -0.15) is 0 Å². The molecule has 2 aliphatic rings. The van der Waals surface area contributed by atoms with Crippen molar-refractivity contribution < 1.29 is 9.47 Å². The lowest BCUT2D eigenvalue weighted by molar-refractivity contribution is 0.174. The first-order chi connectivity index (χ1) is 12.8. The summed E-state index contributed by atoms with van der Waals surface area (Å²) < 4.78 is 11.1. The van der Waals surface area contributed by atoms with Crippen molar-refractivity contribution in [3.8, 4) is 11.5 Å². The van der Waals surface area contributed by atoms with Crippen LogP contribution in [0.4, 0.5) is 0 Å². The van der Waals surface area contributed by atoms with Crippen molar-refractivity contribution in [3.63, 3.8) is 0 Å². The fourth-order valence-electron chi connectivity index (χ4n) is 2.89. The second-order valence-corrected chi connectivity index (χ2v) is 8.11. The second-order valence-electron chi connectivity index (χ2n) is 6.57. The molecule has 2 aromatic carbocycles. The number of aliphatic imine (C=N–C) groups is 1. The summed E-state index contributed by atoms with van der Waals surface area (Å²) >= 11 is 1.96. The van der Waals surface area contributed by atoms with Crippen LogP contribution >= 0.6 is 35.7 Å². The van der Waals surface area contributed by atoms with E-state index in [2.05, 4.69) is 46.0 Å². The monoisotopic (exact) mass is 497 g/mol. The first-order valence-corrected chi connectivity index (χ1v) is 9.65. The highest BCUT2D eigenvalue weighted by Gasteiger charge is 2.43. The van der Waals surface area contributed by atoms with E-state index in [1.54, 1.807) is 7.05 Å². The predicted octanol–water partition coefficient (Wildman–Crippen LogP) is 4.02. The van der Waals surface area contributed by atoms with Gasteiger partial charge >= 0.3 is 0 Å². The summed E-state index contributed by atoms with van der Waals surface area (Å²) in [7, 11) is 1.80. The van der Waals surface area contributed by atoms with Crippen molar-refractivity contribution in [1.82, 2.24) is 10.6 Å². The van der Waals surface area contributed by atoms with Gasteiger partial charge in [0.05, 0.1) is 0 Å². The predicted molar refractivity (Wildman–Crippen MR) is 120 cm³/mol.